The molecular formula is C25H42N2O17. The zero-order chi connectivity index (χ0) is 32.9. The summed E-state index contributed by atoms with van der Waals surface area (Å²) in [4.78, 5) is 60.1. The molecule has 0 aromatic rings. The van der Waals surface area contributed by atoms with Crippen molar-refractivity contribution in [3.63, 3.8) is 0 Å². The fraction of sp³-hybridized carbons (Fsp3) is 0.800. The molecule has 0 spiro atoms. The maximum absolute atomic E-state index is 13.2. The number of rotatable bonds is 16. The Balaban J connectivity index is 2.16. The lowest BCUT2D eigenvalue weighted by Crippen LogP contribution is -2.57. The Kier molecular flexibility index (Phi) is 15.4. The van der Waals surface area contributed by atoms with E-state index < -0.39 is 78.3 Å². The fourth-order valence-corrected chi connectivity index (χ4v) is 4.73. The van der Waals surface area contributed by atoms with E-state index >= 15 is 0 Å². The fourth-order valence-electron chi connectivity index (χ4n) is 4.73. The number of ether oxygens (including phenoxy) is 3. The van der Waals surface area contributed by atoms with Gasteiger partial charge in [-0.2, -0.15) is 0 Å². The SMILES string of the molecule is COO[C@@H](C(=O)N[C@H]1CC[C@@H](OC(=O)OC2CCCCC2)CNC1=O)[C@H](OO)[C@H](OO)[C@@H](OO)/C(O)=C(\O)C(C)(CO)OC. The van der Waals surface area contributed by atoms with E-state index in [1.165, 1.54) is 0 Å². The minimum absolute atomic E-state index is 0.0280. The van der Waals surface area contributed by atoms with Crippen molar-refractivity contribution in [1.82, 2.24) is 10.6 Å². The van der Waals surface area contributed by atoms with Gasteiger partial charge in [0.25, 0.3) is 5.91 Å². The van der Waals surface area contributed by atoms with Crippen LogP contribution in [0.25, 0.3) is 0 Å². The molecule has 1 aliphatic heterocycles. The average molecular weight is 643 g/mol. The number of hydrogen-bond acceptors (Lipinski definition) is 17. The van der Waals surface area contributed by atoms with Gasteiger partial charge in [-0.1, -0.05) is 6.42 Å². The number of carbonyl (C=O) groups excluding carboxylic acids is 3. The maximum Gasteiger partial charge on any atom is 0.508 e. The number of carbonyl (C=O) groups is 3. The number of methoxy groups -OCH3 is 1. The summed E-state index contributed by atoms with van der Waals surface area (Å²) in [6.45, 7) is 0.195. The molecule has 1 aliphatic carbocycles. The van der Waals surface area contributed by atoms with E-state index in [9.17, 15) is 45.5 Å². The van der Waals surface area contributed by atoms with E-state index in [2.05, 4.69) is 30.2 Å². The first-order valence-corrected chi connectivity index (χ1v) is 13.8. The monoisotopic (exact) mass is 642 g/mol. The number of aliphatic hydroxyl groups excluding tert-OH is 3. The molecule has 1 saturated carbocycles. The maximum atomic E-state index is 13.2. The number of hydrogen-bond donors (Lipinski definition) is 8. The molecule has 2 rings (SSSR count). The Bertz CT molecular complexity index is 955. The highest BCUT2D eigenvalue weighted by atomic mass is 17.2. The summed E-state index contributed by atoms with van der Waals surface area (Å²) in [5.41, 5.74) is -1.93. The third kappa shape index (κ3) is 9.83. The smallest absolute Gasteiger partial charge is 0.506 e. The normalized spacial score (nSPS) is 24.4. The van der Waals surface area contributed by atoms with Crippen molar-refractivity contribution in [3.05, 3.63) is 11.5 Å². The van der Waals surface area contributed by atoms with Crippen LogP contribution in [0.15, 0.2) is 11.5 Å². The van der Waals surface area contributed by atoms with Crippen molar-refractivity contribution in [2.45, 2.75) is 100 Å². The van der Waals surface area contributed by atoms with E-state index in [1.807, 2.05) is 0 Å². The molecule has 254 valence electrons. The first-order chi connectivity index (χ1) is 21.0. The largest absolute Gasteiger partial charge is 0.508 e. The predicted molar refractivity (Wildman–Crippen MR) is 142 cm³/mol. The minimum atomic E-state index is -2.30. The Hall–Kier alpha value is -2.85. The molecular weight excluding hydrogens is 600 g/mol. The van der Waals surface area contributed by atoms with E-state index in [-0.39, 0.29) is 25.5 Å². The standard InChI is InChI=1S/C25H42N2O17/c1-25(12-28,37-2)21(30)16(29)17(41-34)18(42-35)19(43-36)20(44-38-3)23(32)27-15-10-9-14(11-26-22(15)31)40-24(33)39-13-7-5-4-6-8-13/h13-15,17-20,28-30,34-36H,4-12H2,1-3H3,(H,26,31)(H,27,32)/b21-16+/t14-,15+,17+,18-,19-,20-,25?/m1/s1. The van der Waals surface area contributed by atoms with Crippen LogP contribution in [-0.2, 0) is 48.2 Å². The Morgan fingerprint density at radius 2 is 1.55 bits per heavy atom. The van der Waals surface area contributed by atoms with Gasteiger partial charge in [0.15, 0.2) is 29.8 Å². The van der Waals surface area contributed by atoms with E-state index in [1.54, 1.807) is 0 Å². The predicted octanol–water partition coefficient (Wildman–Crippen LogP) is 0.482. The molecule has 0 radical (unpaired) electrons. The summed E-state index contributed by atoms with van der Waals surface area (Å²) in [6, 6.07) is -1.23. The lowest BCUT2D eigenvalue weighted by atomic mass is 9.96. The van der Waals surface area contributed by atoms with Gasteiger partial charge in [0, 0.05) is 7.11 Å². The highest BCUT2D eigenvalue weighted by Gasteiger charge is 2.48. The van der Waals surface area contributed by atoms with Crippen molar-refractivity contribution in [3.8, 4) is 0 Å². The third-order valence-electron chi connectivity index (χ3n) is 7.49. The second-order valence-corrected chi connectivity index (χ2v) is 10.4. The van der Waals surface area contributed by atoms with Gasteiger partial charge >= 0.3 is 6.16 Å². The molecule has 2 fully saturated rings. The summed E-state index contributed by atoms with van der Waals surface area (Å²) in [7, 11) is 2.03. The summed E-state index contributed by atoms with van der Waals surface area (Å²) in [5, 5.41) is 64.0. The first-order valence-electron chi connectivity index (χ1n) is 13.8. The molecule has 2 aliphatic rings. The van der Waals surface area contributed by atoms with Crippen LogP contribution in [-0.4, -0.2) is 125 Å². The molecule has 19 nitrogen and oxygen atoms in total. The molecule has 1 unspecified atom stereocenters. The lowest BCUT2D eigenvalue weighted by molar-refractivity contribution is -0.419. The number of aliphatic hydroxyl groups is 3. The molecule has 0 aromatic carbocycles. The van der Waals surface area contributed by atoms with Gasteiger partial charge in [-0.3, -0.25) is 25.4 Å². The van der Waals surface area contributed by atoms with Crippen molar-refractivity contribution in [2.75, 3.05) is 27.4 Å². The Morgan fingerprint density at radius 3 is 2.09 bits per heavy atom. The molecule has 0 aromatic heterocycles. The van der Waals surface area contributed by atoms with Crippen LogP contribution in [0, 0.1) is 0 Å². The molecule has 0 bridgehead atoms. The van der Waals surface area contributed by atoms with Crippen molar-refractivity contribution in [2.24, 2.45) is 0 Å². The van der Waals surface area contributed by atoms with Crippen molar-refractivity contribution >= 4 is 18.0 Å². The molecule has 1 saturated heterocycles. The summed E-state index contributed by atoms with van der Waals surface area (Å²) in [6.07, 6.45) is -6.15. The quantitative estimate of drug-likeness (QED) is 0.0492. The van der Waals surface area contributed by atoms with Crippen LogP contribution in [0.3, 0.4) is 0 Å². The summed E-state index contributed by atoms with van der Waals surface area (Å²) >= 11 is 0. The van der Waals surface area contributed by atoms with E-state index in [4.69, 9.17) is 19.1 Å². The molecule has 1 heterocycles. The van der Waals surface area contributed by atoms with Crippen molar-refractivity contribution < 1.29 is 84.1 Å². The van der Waals surface area contributed by atoms with Gasteiger partial charge in [-0.25, -0.2) is 29.2 Å². The second-order valence-electron chi connectivity index (χ2n) is 10.4. The van der Waals surface area contributed by atoms with E-state index in [0.717, 1.165) is 53.2 Å². The van der Waals surface area contributed by atoms with Gasteiger partial charge in [0.1, 0.15) is 23.9 Å². The lowest BCUT2D eigenvalue weighted by Gasteiger charge is -2.32. The zero-order valence-electron chi connectivity index (χ0n) is 24.6. The van der Waals surface area contributed by atoms with Gasteiger partial charge in [0.05, 0.1) is 20.3 Å². The molecule has 44 heavy (non-hydrogen) atoms. The van der Waals surface area contributed by atoms with Crippen LogP contribution in [0.5, 0.6) is 0 Å². The molecule has 19 heteroatoms. The van der Waals surface area contributed by atoms with Crippen LogP contribution in [0.2, 0.25) is 0 Å². The number of nitrogens with one attached hydrogen (secondary N) is 2. The second kappa shape index (κ2) is 18.2. The average Bonchev–Trinajstić information content (AvgIpc) is 3.20. The highest BCUT2D eigenvalue weighted by Crippen LogP contribution is 2.27. The zero-order valence-corrected chi connectivity index (χ0v) is 24.6. The molecule has 2 amide bonds. The van der Waals surface area contributed by atoms with Crippen LogP contribution >= 0.6 is 0 Å². The molecule has 8 N–H and O–H groups in total. The molecule has 7 atom stereocenters. The van der Waals surface area contributed by atoms with Crippen LogP contribution in [0.4, 0.5) is 4.79 Å². The van der Waals surface area contributed by atoms with Gasteiger partial charge in [-0.05, 0) is 45.4 Å². The number of amides is 2. The summed E-state index contributed by atoms with van der Waals surface area (Å²) in [5.74, 6) is -4.23. The first kappa shape index (κ1) is 37.3. The van der Waals surface area contributed by atoms with Crippen molar-refractivity contribution in [1.29, 1.82) is 0 Å². The topological polar surface area (TPSA) is 270 Å². The van der Waals surface area contributed by atoms with E-state index in [0.29, 0.717) is 0 Å². The summed E-state index contributed by atoms with van der Waals surface area (Å²) < 4.78 is 15.6. The van der Waals surface area contributed by atoms with Gasteiger partial charge in [-0.15, -0.1) is 0 Å². The van der Waals surface area contributed by atoms with Crippen LogP contribution < -0.4 is 10.6 Å². The van der Waals surface area contributed by atoms with Crippen LogP contribution in [0.1, 0.15) is 51.9 Å². The Morgan fingerprint density at radius 1 is 0.932 bits per heavy atom. The van der Waals surface area contributed by atoms with Gasteiger partial charge < -0.3 is 40.2 Å². The Labute approximate surface area is 252 Å². The highest BCUT2D eigenvalue weighted by molar-refractivity contribution is 5.89. The van der Waals surface area contributed by atoms with Gasteiger partial charge in [0.2, 0.25) is 12.0 Å². The third-order valence-corrected chi connectivity index (χ3v) is 7.49. The minimum Gasteiger partial charge on any atom is -0.506 e.